The van der Waals surface area contributed by atoms with Gasteiger partial charge >= 0.3 is 0 Å². The fourth-order valence-corrected chi connectivity index (χ4v) is 8.06. The zero-order valence-corrected chi connectivity index (χ0v) is 28.4. The molecule has 1 unspecified atom stereocenters. The molecule has 1 fully saturated rings. The van der Waals surface area contributed by atoms with E-state index in [1.807, 2.05) is 24.3 Å². The van der Waals surface area contributed by atoms with Gasteiger partial charge in [0.25, 0.3) is 0 Å². The van der Waals surface area contributed by atoms with Crippen molar-refractivity contribution in [3.63, 3.8) is 0 Å². The molecule has 1 saturated carbocycles. The van der Waals surface area contributed by atoms with Crippen LogP contribution in [0.4, 0.5) is 13.2 Å². The van der Waals surface area contributed by atoms with Gasteiger partial charge in [-0.1, -0.05) is 139 Å². The van der Waals surface area contributed by atoms with Gasteiger partial charge in [-0.15, -0.1) is 0 Å². The van der Waals surface area contributed by atoms with Crippen molar-refractivity contribution >= 4 is 5.57 Å². The molecule has 0 N–H and O–H groups in total. The van der Waals surface area contributed by atoms with E-state index in [-0.39, 0.29) is 11.4 Å². The molecule has 5 rings (SSSR count). The van der Waals surface area contributed by atoms with E-state index in [1.165, 1.54) is 64.2 Å². The SMILES string of the molecule is CCCCCCCC1CCC(C2CC=C(c3ccc(-c4ccc(-c5ccc(CCCCCC)c(F)c5F)cc4)cc3F)CC2)CC1. The largest absolute Gasteiger partial charge is 0.206 e. The van der Waals surface area contributed by atoms with Gasteiger partial charge in [0.15, 0.2) is 11.6 Å². The van der Waals surface area contributed by atoms with Crippen molar-refractivity contribution < 1.29 is 13.2 Å². The molecule has 1 atom stereocenters. The average Bonchev–Trinajstić information content (AvgIpc) is 3.09. The third-order valence-electron chi connectivity index (χ3n) is 11.0. The van der Waals surface area contributed by atoms with Crippen LogP contribution in [-0.2, 0) is 6.42 Å². The molecule has 3 aromatic rings. The van der Waals surface area contributed by atoms with E-state index in [0.29, 0.717) is 17.5 Å². The topological polar surface area (TPSA) is 0 Å². The van der Waals surface area contributed by atoms with Gasteiger partial charge in [-0.2, -0.15) is 0 Å². The van der Waals surface area contributed by atoms with E-state index >= 15 is 8.78 Å². The molecule has 0 bridgehead atoms. The van der Waals surface area contributed by atoms with Crippen LogP contribution < -0.4 is 0 Å². The Balaban J connectivity index is 1.15. The minimum Gasteiger partial charge on any atom is -0.206 e. The van der Waals surface area contributed by atoms with Gasteiger partial charge < -0.3 is 0 Å². The molecule has 3 aromatic carbocycles. The Bertz CT molecular complexity index is 1410. The van der Waals surface area contributed by atoms with Crippen molar-refractivity contribution in [1.82, 2.24) is 0 Å². The van der Waals surface area contributed by atoms with Gasteiger partial charge in [0, 0.05) is 11.1 Å². The van der Waals surface area contributed by atoms with E-state index in [9.17, 15) is 4.39 Å². The molecule has 2 aliphatic carbocycles. The number of allylic oxidation sites excluding steroid dienone is 2. The molecule has 0 aliphatic heterocycles. The minimum absolute atomic E-state index is 0.187. The van der Waals surface area contributed by atoms with Crippen LogP contribution >= 0.6 is 0 Å². The van der Waals surface area contributed by atoms with E-state index in [2.05, 4.69) is 19.9 Å². The maximum absolute atomic E-state index is 15.5. The van der Waals surface area contributed by atoms with Crippen molar-refractivity contribution in [3.05, 3.63) is 89.3 Å². The fourth-order valence-electron chi connectivity index (χ4n) is 8.06. The summed E-state index contributed by atoms with van der Waals surface area (Å²) in [6.07, 6.45) is 24.1. The van der Waals surface area contributed by atoms with Crippen LogP contribution in [0.5, 0.6) is 0 Å². The molecule has 0 spiro atoms. The standard InChI is InChI=1S/C43H55F3/c1-3-5-7-9-10-12-31-14-16-32(17-15-31)33-18-22-35(23-19-33)39-28-27-38(30-41(39)44)34-20-24-36(25-21-34)40-29-26-37(42(45)43(40)46)13-11-8-6-4-2/h20-22,24-33H,3-19,23H2,1-2H3. The molecular formula is C43H55F3. The van der Waals surface area contributed by atoms with Gasteiger partial charge in [0.2, 0.25) is 0 Å². The van der Waals surface area contributed by atoms with Crippen LogP contribution in [-0.4, -0.2) is 0 Å². The summed E-state index contributed by atoms with van der Waals surface area (Å²) in [4.78, 5) is 0. The Morgan fingerprint density at radius 2 is 1.24 bits per heavy atom. The first-order valence-electron chi connectivity index (χ1n) is 18.5. The van der Waals surface area contributed by atoms with Gasteiger partial charge in [0.1, 0.15) is 5.82 Å². The Labute approximate surface area is 276 Å². The second-order valence-corrected chi connectivity index (χ2v) is 14.2. The number of unbranched alkanes of at least 4 members (excludes halogenated alkanes) is 7. The predicted molar refractivity (Wildman–Crippen MR) is 189 cm³/mol. The first kappa shape index (κ1) is 34.5. The second-order valence-electron chi connectivity index (χ2n) is 14.2. The zero-order valence-electron chi connectivity index (χ0n) is 28.4. The second kappa shape index (κ2) is 17.4. The first-order chi connectivity index (χ1) is 22.5. The highest BCUT2D eigenvalue weighted by molar-refractivity contribution is 5.74. The van der Waals surface area contributed by atoms with Gasteiger partial charge in [-0.05, 0) is 96.6 Å². The molecule has 2 aliphatic rings. The molecule has 46 heavy (non-hydrogen) atoms. The van der Waals surface area contributed by atoms with Gasteiger partial charge in [-0.25, -0.2) is 13.2 Å². The zero-order chi connectivity index (χ0) is 32.3. The normalized spacial score (nSPS) is 20.1. The van der Waals surface area contributed by atoms with E-state index < -0.39 is 11.6 Å². The number of benzene rings is 3. The van der Waals surface area contributed by atoms with Crippen LogP contribution in [0.3, 0.4) is 0 Å². The Kier molecular flexibility index (Phi) is 13.0. The van der Waals surface area contributed by atoms with Crippen molar-refractivity contribution in [2.24, 2.45) is 17.8 Å². The Morgan fingerprint density at radius 3 is 1.91 bits per heavy atom. The summed E-state index contributed by atoms with van der Waals surface area (Å²) in [7, 11) is 0. The lowest BCUT2D eigenvalue weighted by Crippen LogP contribution is -2.23. The first-order valence-corrected chi connectivity index (χ1v) is 18.5. The van der Waals surface area contributed by atoms with E-state index in [4.69, 9.17) is 0 Å². The molecule has 0 aromatic heterocycles. The van der Waals surface area contributed by atoms with E-state index in [0.717, 1.165) is 85.0 Å². The lowest BCUT2D eigenvalue weighted by atomic mass is 9.70. The third kappa shape index (κ3) is 8.96. The minimum atomic E-state index is -0.792. The predicted octanol–water partition coefficient (Wildman–Crippen LogP) is 13.9. The summed E-state index contributed by atoms with van der Waals surface area (Å²) >= 11 is 0. The highest BCUT2D eigenvalue weighted by Gasteiger charge is 2.29. The summed E-state index contributed by atoms with van der Waals surface area (Å²) in [5.74, 6) is 0.804. The van der Waals surface area contributed by atoms with Crippen molar-refractivity contribution in [1.29, 1.82) is 0 Å². The molecule has 0 heterocycles. The summed E-state index contributed by atoms with van der Waals surface area (Å²) in [6, 6.07) is 16.2. The van der Waals surface area contributed by atoms with Crippen molar-refractivity contribution in [2.75, 3.05) is 0 Å². The number of aryl methyl sites for hydroxylation is 1. The molecule has 3 heteroatoms. The van der Waals surface area contributed by atoms with Crippen molar-refractivity contribution in [2.45, 2.75) is 129 Å². The highest BCUT2D eigenvalue weighted by Crippen LogP contribution is 2.43. The maximum atomic E-state index is 15.5. The highest BCUT2D eigenvalue weighted by atomic mass is 19.2. The summed E-state index contributed by atoms with van der Waals surface area (Å²) in [5, 5.41) is 0. The summed E-state index contributed by atoms with van der Waals surface area (Å²) < 4.78 is 45.3. The number of hydrogen-bond acceptors (Lipinski definition) is 0. The molecule has 0 radical (unpaired) electrons. The fraction of sp³-hybridized carbons (Fsp3) is 0.535. The number of halogens is 3. The van der Waals surface area contributed by atoms with Crippen LogP contribution in [0, 0.1) is 35.2 Å². The van der Waals surface area contributed by atoms with Gasteiger partial charge in [0.05, 0.1) is 0 Å². The van der Waals surface area contributed by atoms with E-state index in [1.54, 1.807) is 30.3 Å². The molecule has 0 saturated heterocycles. The third-order valence-corrected chi connectivity index (χ3v) is 11.0. The Morgan fingerprint density at radius 1 is 0.587 bits per heavy atom. The smallest absolute Gasteiger partial charge is 0.166 e. The molecule has 0 nitrogen and oxygen atoms in total. The molecule has 0 amide bonds. The van der Waals surface area contributed by atoms with Crippen LogP contribution in [0.25, 0.3) is 27.8 Å². The van der Waals surface area contributed by atoms with Crippen LogP contribution in [0.2, 0.25) is 0 Å². The molecule has 248 valence electrons. The lowest BCUT2D eigenvalue weighted by molar-refractivity contribution is 0.187. The number of rotatable bonds is 15. The van der Waals surface area contributed by atoms with Crippen LogP contribution in [0.15, 0.2) is 60.7 Å². The Hall–Kier alpha value is -2.81. The summed E-state index contributed by atoms with van der Waals surface area (Å²) in [6.45, 7) is 4.42. The monoisotopic (exact) mass is 628 g/mol. The maximum Gasteiger partial charge on any atom is 0.166 e. The quantitative estimate of drug-likeness (QED) is 0.147. The van der Waals surface area contributed by atoms with Crippen molar-refractivity contribution in [3.8, 4) is 22.3 Å². The number of hydrogen-bond donors (Lipinski definition) is 0. The van der Waals surface area contributed by atoms with Crippen LogP contribution in [0.1, 0.15) is 134 Å². The lowest BCUT2D eigenvalue weighted by Gasteiger charge is -2.35. The average molecular weight is 629 g/mol. The molecular weight excluding hydrogens is 573 g/mol. The van der Waals surface area contributed by atoms with Gasteiger partial charge in [-0.3, -0.25) is 0 Å². The summed E-state index contributed by atoms with van der Waals surface area (Å²) in [5.41, 5.74) is 4.83.